The van der Waals surface area contributed by atoms with E-state index in [0.29, 0.717) is 17.1 Å². The molecule has 0 unspecified atom stereocenters. The molecule has 1 aromatic heterocycles. The molecule has 3 aromatic rings. The summed E-state index contributed by atoms with van der Waals surface area (Å²) in [6, 6.07) is 22.0. The highest BCUT2D eigenvalue weighted by atomic mass is 32.2. The predicted octanol–water partition coefficient (Wildman–Crippen LogP) is 5.11. The summed E-state index contributed by atoms with van der Waals surface area (Å²) >= 11 is 0.933. The number of carbonyl (C=O) groups excluding carboxylic acids is 2. The number of carbonyl (C=O) groups is 2. The maximum atomic E-state index is 13.2. The summed E-state index contributed by atoms with van der Waals surface area (Å²) < 4.78 is 1.64. The van der Waals surface area contributed by atoms with E-state index in [1.807, 2.05) is 55.5 Å². The van der Waals surface area contributed by atoms with Crippen molar-refractivity contribution in [2.75, 3.05) is 10.7 Å². The van der Waals surface area contributed by atoms with Crippen LogP contribution >= 0.6 is 11.8 Å². The topological polar surface area (TPSA) is 99.3 Å². The van der Waals surface area contributed by atoms with Gasteiger partial charge in [0.15, 0.2) is 10.8 Å². The van der Waals surface area contributed by atoms with Crippen LogP contribution in [0.5, 0.6) is 0 Å². The molecule has 0 aliphatic carbocycles. The zero-order chi connectivity index (χ0) is 23.8. The fraction of sp³-hybridized carbons (Fsp3) is 0.120. The smallest absolute Gasteiger partial charge is 0.222 e. The van der Waals surface area contributed by atoms with Gasteiger partial charge in [0.2, 0.25) is 5.78 Å². The van der Waals surface area contributed by atoms with Crippen LogP contribution in [0.1, 0.15) is 23.0 Å². The number of nitrogens with one attached hydrogen (secondary N) is 2. The Labute approximate surface area is 196 Å². The van der Waals surface area contributed by atoms with Gasteiger partial charge in [0.1, 0.15) is 16.7 Å². The Morgan fingerprint density at radius 2 is 1.70 bits per heavy atom. The highest BCUT2D eigenvalue weighted by Gasteiger charge is 2.23. The predicted molar refractivity (Wildman–Crippen MR) is 133 cm³/mol. The average Bonchev–Trinajstić information content (AvgIpc) is 3.24. The van der Waals surface area contributed by atoms with E-state index in [1.165, 1.54) is 6.92 Å². The van der Waals surface area contributed by atoms with E-state index in [2.05, 4.69) is 15.8 Å². The number of anilines is 2. The van der Waals surface area contributed by atoms with Crippen LogP contribution in [0.3, 0.4) is 0 Å². The highest BCUT2D eigenvalue weighted by Crippen LogP contribution is 2.27. The summed E-state index contributed by atoms with van der Waals surface area (Å²) in [5.41, 5.74) is 5.59. The number of hydrazone groups is 1. The van der Waals surface area contributed by atoms with Crippen molar-refractivity contribution < 1.29 is 9.59 Å². The molecule has 0 aliphatic rings. The summed E-state index contributed by atoms with van der Waals surface area (Å²) in [6.07, 6.45) is 1.73. The minimum atomic E-state index is -0.453. The van der Waals surface area contributed by atoms with Crippen molar-refractivity contribution in [2.45, 2.75) is 13.8 Å². The van der Waals surface area contributed by atoms with Crippen LogP contribution in [0.4, 0.5) is 11.4 Å². The first-order valence-electron chi connectivity index (χ1n) is 10.1. The number of nitriles is 1. The van der Waals surface area contributed by atoms with Crippen LogP contribution in [-0.4, -0.2) is 21.2 Å². The van der Waals surface area contributed by atoms with Crippen LogP contribution < -0.4 is 10.7 Å². The molecule has 0 spiro atoms. The molecule has 0 amide bonds. The molecule has 0 aliphatic heterocycles. The Morgan fingerprint density at radius 3 is 2.27 bits per heavy atom. The lowest BCUT2D eigenvalue weighted by Crippen LogP contribution is -2.15. The van der Waals surface area contributed by atoms with Gasteiger partial charge in [-0.3, -0.25) is 15.0 Å². The number of Topliss-reactive ketones (excluding diaryl/α,β-unsaturated/α-hetero) is 2. The van der Waals surface area contributed by atoms with Crippen molar-refractivity contribution in [3.8, 4) is 6.07 Å². The number of hydrogen-bond donors (Lipinski definition) is 2. The lowest BCUT2D eigenvalue weighted by Gasteiger charge is -2.14. The lowest BCUT2D eigenvalue weighted by molar-refractivity contribution is -0.110. The van der Waals surface area contributed by atoms with Gasteiger partial charge < -0.3 is 9.88 Å². The van der Waals surface area contributed by atoms with Crippen LogP contribution in [0.15, 0.2) is 88.6 Å². The molecule has 3 rings (SSSR count). The van der Waals surface area contributed by atoms with Crippen LogP contribution in [-0.2, 0) is 11.8 Å². The third-order valence-corrected chi connectivity index (χ3v) is 5.69. The van der Waals surface area contributed by atoms with Gasteiger partial charge in [-0.2, -0.15) is 10.4 Å². The van der Waals surface area contributed by atoms with Crippen molar-refractivity contribution >= 4 is 39.7 Å². The maximum Gasteiger partial charge on any atom is 0.222 e. The molecule has 166 valence electrons. The van der Waals surface area contributed by atoms with Crippen LogP contribution in [0.2, 0.25) is 0 Å². The number of benzene rings is 2. The maximum absolute atomic E-state index is 13.2. The van der Waals surface area contributed by atoms with E-state index < -0.39 is 5.78 Å². The van der Waals surface area contributed by atoms with Gasteiger partial charge >= 0.3 is 0 Å². The first-order chi connectivity index (χ1) is 15.9. The minimum absolute atomic E-state index is 0.0986. The lowest BCUT2D eigenvalue weighted by atomic mass is 10.1. The Bertz CT molecular complexity index is 1250. The number of aromatic nitrogens is 1. The van der Waals surface area contributed by atoms with Crippen LogP contribution in [0, 0.1) is 18.3 Å². The molecule has 2 aromatic carbocycles. The monoisotopic (exact) mass is 457 g/mol. The number of thioether (sulfide) groups is 1. The Hall–Kier alpha value is -4.09. The van der Waals surface area contributed by atoms with Gasteiger partial charge in [-0.05, 0) is 55.1 Å². The molecular weight excluding hydrogens is 434 g/mol. The van der Waals surface area contributed by atoms with E-state index in [0.717, 1.165) is 17.3 Å². The molecule has 0 radical (unpaired) electrons. The van der Waals surface area contributed by atoms with Crippen molar-refractivity contribution in [2.24, 2.45) is 12.1 Å². The first-order valence-corrected chi connectivity index (χ1v) is 10.9. The quantitative estimate of drug-likeness (QED) is 0.122. The van der Waals surface area contributed by atoms with E-state index >= 15 is 0 Å². The molecule has 1 heterocycles. The number of allylic oxidation sites excluding steroid dienone is 1. The summed E-state index contributed by atoms with van der Waals surface area (Å²) in [4.78, 5) is 25.5. The Balaban J connectivity index is 2.00. The molecule has 0 fully saturated rings. The summed E-state index contributed by atoms with van der Waals surface area (Å²) in [6.45, 7) is 3.36. The number of aryl methyl sites for hydroxylation is 2. The summed E-state index contributed by atoms with van der Waals surface area (Å²) in [5.74, 6) is -0.763. The van der Waals surface area contributed by atoms with Crippen molar-refractivity contribution in [1.82, 2.24) is 4.57 Å². The normalized spacial score (nSPS) is 11.9. The van der Waals surface area contributed by atoms with Gasteiger partial charge in [0.05, 0.1) is 11.4 Å². The number of para-hydroxylation sites is 1. The zero-order valence-electron chi connectivity index (χ0n) is 18.5. The number of hydrogen-bond acceptors (Lipinski definition) is 7. The SMILES string of the molecule is CC(=O)/C(=N\Nc1ccc(C)cc1)S/C(Nc1ccccc1)=C(/C#N)C(=O)c1cccn1C. The van der Waals surface area contributed by atoms with Crippen LogP contribution in [0.25, 0.3) is 0 Å². The largest absolute Gasteiger partial charge is 0.349 e. The third-order valence-electron chi connectivity index (χ3n) is 4.61. The van der Waals surface area contributed by atoms with Crippen molar-refractivity contribution in [3.63, 3.8) is 0 Å². The molecule has 0 bridgehead atoms. The molecule has 0 saturated heterocycles. The van der Waals surface area contributed by atoms with Crippen molar-refractivity contribution in [1.29, 1.82) is 5.26 Å². The van der Waals surface area contributed by atoms with E-state index in [1.54, 1.807) is 42.1 Å². The van der Waals surface area contributed by atoms with Gasteiger partial charge in [-0.25, -0.2) is 0 Å². The Kier molecular flexibility index (Phi) is 7.84. The van der Waals surface area contributed by atoms with Gasteiger partial charge in [-0.1, -0.05) is 35.9 Å². The average molecular weight is 458 g/mol. The molecule has 0 atom stereocenters. The second kappa shape index (κ2) is 11.0. The fourth-order valence-electron chi connectivity index (χ4n) is 2.83. The molecule has 8 heteroatoms. The van der Waals surface area contributed by atoms with E-state index in [4.69, 9.17) is 0 Å². The summed E-state index contributed by atoms with van der Waals surface area (Å²) in [7, 11) is 1.73. The zero-order valence-corrected chi connectivity index (χ0v) is 19.3. The minimum Gasteiger partial charge on any atom is -0.349 e. The van der Waals surface area contributed by atoms with Crippen molar-refractivity contribution in [3.05, 3.63) is 94.8 Å². The van der Waals surface area contributed by atoms with Gasteiger partial charge in [0, 0.05) is 25.9 Å². The first kappa shape index (κ1) is 23.6. The Morgan fingerprint density at radius 1 is 1.00 bits per heavy atom. The van der Waals surface area contributed by atoms with Gasteiger partial charge in [-0.15, -0.1) is 0 Å². The second-order valence-electron chi connectivity index (χ2n) is 7.19. The molecule has 33 heavy (non-hydrogen) atoms. The van der Waals surface area contributed by atoms with E-state index in [9.17, 15) is 14.9 Å². The second-order valence-corrected chi connectivity index (χ2v) is 8.19. The fourth-order valence-corrected chi connectivity index (χ4v) is 3.67. The standard InChI is InChI=1S/C25H23N5O2S/c1-17-11-13-20(14-12-17)28-29-24(18(2)31)33-25(27-19-8-5-4-6-9-19)21(16-26)23(32)22-10-7-15-30(22)3/h4-15,27-28H,1-3H3/b25-21-,29-24+. The summed E-state index contributed by atoms with van der Waals surface area (Å²) in [5, 5.41) is 17.6. The van der Waals surface area contributed by atoms with Gasteiger partial charge in [0.25, 0.3) is 0 Å². The molecular formula is C25H23N5O2S. The molecule has 2 N–H and O–H groups in total. The molecule has 0 saturated carbocycles. The number of nitrogens with zero attached hydrogens (tertiary/aromatic N) is 3. The third kappa shape index (κ3) is 6.21. The highest BCUT2D eigenvalue weighted by molar-refractivity contribution is 8.19. The van der Waals surface area contributed by atoms with E-state index in [-0.39, 0.29) is 21.4 Å². The molecule has 7 nitrogen and oxygen atoms in total. The number of ketones is 2. The number of rotatable bonds is 8.